The molecule has 0 spiro atoms. The summed E-state index contributed by atoms with van der Waals surface area (Å²) in [6, 6.07) is 2.33. The highest BCUT2D eigenvalue weighted by Crippen LogP contribution is 2.14. The number of hydrogen-bond acceptors (Lipinski definition) is 4. The molecular weight excluding hydrogens is 258 g/mol. The molecule has 1 heterocycles. The maximum absolute atomic E-state index is 12.0. The van der Waals surface area contributed by atoms with Crippen molar-refractivity contribution in [2.75, 3.05) is 20.3 Å². The van der Waals surface area contributed by atoms with Crippen LogP contribution in [0.25, 0.3) is 0 Å². The molecule has 0 saturated carbocycles. The summed E-state index contributed by atoms with van der Waals surface area (Å²) < 4.78 is 28.8. The Labute approximate surface area is 109 Å². The molecule has 1 amide bonds. The van der Waals surface area contributed by atoms with Crippen LogP contribution in [0.4, 0.5) is 8.78 Å². The molecule has 0 aliphatic rings. The van der Waals surface area contributed by atoms with E-state index in [0.717, 1.165) is 0 Å². The third kappa shape index (κ3) is 4.44. The number of amides is 1. The van der Waals surface area contributed by atoms with Gasteiger partial charge in [-0.3, -0.25) is 9.78 Å². The second kappa shape index (κ2) is 6.98. The number of carbonyl (C=O) groups excluding carboxylic acids is 1. The van der Waals surface area contributed by atoms with Gasteiger partial charge in [-0.1, -0.05) is 0 Å². The van der Waals surface area contributed by atoms with Gasteiger partial charge in [-0.25, -0.2) is 8.78 Å². The zero-order valence-electron chi connectivity index (χ0n) is 10.7. The zero-order chi connectivity index (χ0) is 14.4. The number of alkyl halides is 2. The van der Waals surface area contributed by atoms with Gasteiger partial charge in [0.25, 0.3) is 12.3 Å². The van der Waals surface area contributed by atoms with Crippen molar-refractivity contribution >= 4 is 5.91 Å². The topological polar surface area (TPSA) is 62.7 Å². The number of hydrogen-bond donors (Lipinski definition) is 1. The van der Waals surface area contributed by atoms with Crippen LogP contribution in [-0.4, -0.2) is 53.6 Å². The number of likely N-dealkylation sites (N-methyl/N-ethyl adjacent to an activating group) is 1. The van der Waals surface area contributed by atoms with Crippen molar-refractivity contribution in [1.29, 1.82) is 0 Å². The molecule has 0 aliphatic carbocycles. The number of carbonyl (C=O) groups is 1. The smallest absolute Gasteiger partial charge is 0.272 e. The Balaban J connectivity index is 2.78. The summed E-state index contributed by atoms with van der Waals surface area (Å²) in [6.07, 6.45) is -1.27. The fourth-order valence-electron chi connectivity index (χ4n) is 1.28. The molecule has 1 unspecified atom stereocenters. The molecule has 1 aromatic rings. The van der Waals surface area contributed by atoms with Crippen LogP contribution < -0.4 is 4.74 Å². The summed E-state index contributed by atoms with van der Waals surface area (Å²) in [4.78, 5) is 17.2. The minimum absolute atomic E-state index is 0.0783. The Morgan fingerprint density at radius 2 is 2.26 bits per heavy atom. The molecule has 0 aromatic carbocycles. The van der Waals surface area contributed by atoms with Crippen molar-refractivity contribution in [2.24, 2.45) is 0 Å². The number of ether oxygens (including phenoxy) is 1. The second-order valence-corrected chi connectivity index (χ2v) is 4.03. The van der Waals surface area contributed by atoms with Gasteiger partial charge in [0.1, 0.15) is 18.1 Å². The summed E-state index contributed by atoms with van der Waals surface area (Å²) in [5.74, 6) is -0.257. The summed E-state index contributed by atoms with van der Waals surface area (Å²) in [7, 11) is 1.53. The summed E-state index contributed by atoms with van der Waals surface area (Å²) >= 11 is 0. The second-order valence-electron chi connectivity index (χ2n) is 4.03. The molecule has 19 heavy (non-hydrogen) atoms. The van der Waals surface area contributed by atoms with Gasteiger partial charge < -0.3 is 14.7 Å². The summed E-state index contributed by atoms with van der Waals surface area (Å²) in [6.45, 7) is 0.763. The molecule has 1 rings (SSSR count). The Morgan fingerprint density at radius 1 is 1.58 bits per heavy atom. The van der Waals surface area contributed by atoms with Crippen LogP contribution in [0.15, 0.2) is 18.3 Å². The summed E-state index contributed by atoms with van der Waals surface area (Å²) in [5, 5.41) is 8.98. The van der Waals surface area contributed by atoms with Gasteiger partial charge in [-0.05, 0) is 13.0 Å². The van der Waals surface area contributed by atoms with Gasteiger partial charge in [0, 0.05) is 19.3 Å². The van der Waals surface area contributed by atoms with E-state index in [2.05, 4.69) is 4.98 Å². The molecule has 1 N–H and O–H groups in total. The first-order chi connectivity index (χ1) is 8.95. The molecule has 0 aliphatic heterocycles. The third-order valence-electron chi connectivity index (χ3n) is 2.57. The first-order valence-corrected chi connectivity index (χ1v) is 5.70. The number of aliphatic hydroxyl groups excluding tert-OH is 1. The molecule has 0 saturated heterocycles. The molecule has 1 aromatic heterocycles. The minimum atomic E-state index is -2.58. The predicted octanol–water partition coefficient (Wildman–Crippen LogP) is 1.18. The van der Waals surface area contributed by atoms with Crippen LogP contribution in [0.1, 0.15) is 17.4 Å². The van der Waals surface area contributed by atoms with E-state index in [1.54, 1.807) is 6.92 Å². The van der Waals surface area contributed by atoms with Crippen molar-refractivity contribution in [3.05, 3.63) is 24.0 Å². The molecule has 0 radical (unpaired) electrons. The van der Waals surface area contributed by atoms with Gasteiger partial charge in [-0.2, -0.15) is 0 Å². The highest BCUT2D eigenvalue weighted by atomic mass is 19.3. The standard InChI is InChI=1S/C12H16F2N2O3/c1-8(6-17)16(2)12(18)10-5-9(3-4-15-10)19-7-11(13)14/h3-5,8,11,17H,6-7H2,1-2H3. The van der Waals surface area contributed by atoms with Crippen LogP contribution >= 0.6 is 0 Å². The van der Waals surface area contributed by atoms with E-state index < -0.39 is 18.9 Å². The van der Waals surface area contributed by atoms with Crippen LogP contribution in [-0.2, 0) is 0 Å². The lowest BCUT2D eigenvalue weighted by molar-refractivity contribution is 0.0674. The highest BCUT2D eigenvalue weighted by molar-refractivity contribution is 5.92. The number of aliphatic hydroxyl groups is 1. The highest BCUT2D eigenvalue weighted by Gasteiger charge is 2.18. The maximum atomic E-state index is 12.0. The van der Waals surface area contributed by atoms with Crippen molar-refractivity contribution in [1.82, 2.24) is 9.88 Å². The maximum Gasteiger partial charge on any atom is 0.272 e. The quantitative estimate of drug-likeness (QED) is 0.846. The minimum Gasteiger partial charge on any atom is -0.488 e. The van der Waals surface area contributed by atoms with Crippen molar-refractivity contribution in [2.45, 2.75) is 19.4 Å². The van der Waals surface area contributed by atoms with E-state index in [4.69, 9.17) is 9.84 Å². The first kappa shape index (κ1) is 15.3. The Kier molecular flexibility index (Phi) is 5.62. The van der Waals surface area contributed by atoms with Gasteiger partial charge in [0.15, 0.2) is 0 Å². The van der Waals surface area contributed by atoms with E-state index in [-0.39, 0.29) is 24.1 Å². The van der Waals surface area contributed by atoms with E-state index in [9.17, 15) is 13.6 Å². The van der Waals surface area contributed by atoms with E-state index in [0.29, 0.717) is 0 Å². The fraction of sp³-hybridized carbons (Fsp3) is 0.500. The van der Waals surface area contributed by atoms with E-state index >= 15 is 0 Å². The Bertz CT molecular complexity index is 429. The van der Waals surface area contributed by atoms with Gasteiger partial charge in [0.2, 0.25) is 0 Å². The van der Waals surface area contributed by atoms with Crippen molar-refractivity contribution < 1.29 is 23.4 Å². The monoisotopic (exact) mass is 274 g/mol. The fourth-order valence-corrected chi connectivity index (χ4v) is 1.28. The lowest BCUT2D eigenvalue weighted by Gasteiger charge is -2.22. The zero-order valence-corrected chi connectivity index (χ0v) is 10.7. The Hall–Kier alpha value is -1.76. The lowest BCUT2D eigenvalue weighted by atomic mass is 10.2. The normalized spacial score (nSPS) is 12.3. The van der Waals surface area contributed by atoms with Gasteiger partial charge >= 0.3 is 0 Å². The van der Waals surface area contributed by atoms with Crippen LogP contribution in [0, 0.1) is 0 Å². The SMILES string of the molecule is CC(CO)N(C)C(=O)c1cc(OCC(F)F)ccn1. The first-order valence-electron chi connectivity index (χ1n) is 5.70. The average Bonchev–Trinajstić information content (AvgIpc) is 2.42. The third-order valence-corrected chi connectivity index (χ3v) is 2.57. The lowest BCUT2D eigenvalue weighted by Crippen LogP contribution is -2.37. The van der Waals surface area contributed by atoms with Gasteiger partial charge in [0.05, 0.1) is 12.6 Å². The van der Waals surface area contributed by atoms with Gasteiger partial charge in [-0.15, -0.1) is 0 Å². The predicted molar refractivity (Wildman–Crippen MR) is 64.4 cm³/mol. The van der Waals surface area contributed by atoms with Crippen LogP contribution in [0.3, 0.4) is 0 Å². The number of aromatic nitrogens is 1. The van der Waals surface area contributed by atoms with Crippen LogP contribution in [0.2, 0.25) is 0 Å². The molecule has 106 valence electrons. The van der Waals surface area contributed by atoms with E-state index in [1.165, 1.54) is 30.3 Å². The Morgan fingerprint density at radius 3 is 2.84 bits per heavy atom. The number of halogens is 2. The number of nitrogens with zero attached hydrogens (tertiary/aromatic N) is 2. The van der Waals surface area contributed by atoms with Crippen molar-refractivity contribution in [3.8, 4) is 5.75 Å². The van der Waals surface area contributed by atoms with Crippen LogP contribution in [0.5, 0.6) is 5.75 Å². The summed E-state index contributed by atoms with van der Waals surface area (Å²) in [5.41, 5.74) is 0.0783. The average molecular weight is 274 g/mol. The largest absolute Gasteiger partial charge is 0.488 e. The molecule has 0 bridgehead atoms. The van der Waals surface area contributed by atoms with Crippen molar-refractivity contribution in [3.63, 3.8) is 0 Å². The molecule has 7 heteroatoms. The number of rotatable bonds is 6. The molecule has 0 fully saturated rings. The van der Waals surface area contributed by atoms with E-state index in [1.807, 2.05) is 0 Å². The molecular formula is C12H16F2N2O3. The molecule has 5 nitrogen and oxygen atoms in total. The molecule has 1 atom stereocenters. The number of pyridine rings is 1.